The van der Waals surface area contributed by atoms with Gasteiger partial charge in [0.1, 0.15) is 0 Å². The lowest BCUT2D eigenvalue weighted by Gasteiger charge is -2.32. The molecule has 1 aliphatic rings. The quantitative estimate of drug-likeness (QED) is 0.686. The lowest BCUT2D eigenvalue weighted by Crippen LogP contribution is -2.38. The Bertz CT molecular complexity index is 211. The van der Waals surface area contributed by atoms with Crippen LogP contribution in [0.5, 0.6) is 0 Å². The number of hydrogen-bond donors (Lipinski definition) is 1. The van der Waals surface area contributed by atoms with Crippen molar-refractivity contribution in [3.63, 3.8) is 0 Å². The number of hydrogen-bond acceptors (Lipinski definition) is 3. The highest BCUT2D eigenvalue weighted by Gasteiger charge is 2.17. The Hall–Kier alpha value is 0.0700. The molecular weight excluding hydrogens is 220 g/mol. The van der Waals surface area contributed by atoms with Crippen LogP contribution in [0.3, 0.4) is 0 Å². The molecule has 0 aliphatic carbocycles. The van der Waals surface area contributed by atoms with Crippen LogP contribution < -0.4 is 5.32 Å². The minimum atomic E-state index is -0.629. The number of likely N-dealkylation sites (tertiary alicyclic amines) is 1. The molecule has 0 amide bonds. The molecule has 2 unspecified atom stereocenters. The van der Waals surface area contributed by atoms with Crippen LogP contribution in [-0.2, 0) is 10.8 Å². The molecule has 0 aromatic rings. The van der Waals surface area contributed by atoms with Crippen molar-refractivity contribution >= 4 is 10.8 Å². The van der Waals surface area contributed by atoms with Crippen molar-refractivity contribution in [2.75, 3.05) is 38.7 Å². The van der Waals surface area contributed by atoms with E-state index in [9.17, 15) is 4.21 Å². The third-order valence-corrected chi connectivity index (χ3v) is 4.22. The average molecular weight is 246 g/mol. The zero-order chi connectivity index (χ0) is 11.8. The largest absolute Gasteiger partial charge is 0.317 e. The number of nitrogens with one attached hydrogen (secondary N) is 1. The third kappa shape index (κ3) is 5.97. The van der Waals surface area contributed by atoms with E-state index in [1.54, 1.807) is 6.26 Å². The smallest absolute Gasteiger partial charge is 0.0244 e. The van der Waals surface area contributed by atoms with Crippen LogP contribution in [0.2, 0.25) is 0 Å². The molecule has 1 aliphatic heterocycles. The third-order valence-electron chi connectivity index (χ3n) is 3.36. The average Bonchev–Trinajstić information content (AvgIpc) is 2.25. The van der Waals surface area contributed by atoms with Crippen LogP contribution in [0.4, 0.5) is 0 Å². The monoisotopic (exact) mass is 246 g/mol. The Labute approximate surface area is 102 Å². The van der Waals surface area contributed by atoms with Crippen molar-refractivity contribution in [1.29, 1.82) is 0 Å². The summed E-state index contributed by atoms with van der Waals surface area (Å²) in [4.78, 5) is 2.49. The molecule has 0 aromatic heterocycles. The summed E-state index contributed by atoms with van der Waals surface area (Å²) in [6.07, 6.45) is 8.18. The molecule has 1 heterocycles. The minimum Gasteiger partial charge on any atom is -0.317 e. The maximum Gasteiger partial charge on any atom is 0.0244 e. The normalized spacial score (nSPS) is 24.5. The second-order valence-electron chi connectivity index (χ2n) is 4.80. The molecule has 1 rings (SSSR count). The molecule has 0 spiro atoms. The van der Waals surface area contributed by atoms with Gasteiger partial charge in [-0.15, -0.1) is 0 Å². The summed E-state index contributed by atoms with van der Waals surface area (Å²) in [5.41, 5.74) is 0. The Morgan fingerprint density at radius 3 is 2.88 bits per heavy atom. The zero-order valence-corrected chi connectivity index (χ0v) is 11.5. The van der Waals surface area contributed by atoms with Crippen molar-refractivity contribution < 1.29 is 4.21 Å². The van der Waals surface area contributed by atoms with Crippen molar-refractivity contribution in [2.24, 2.45) is 0 Å². The molecule has 0 radical (unpaired) electrons. The van der Waals surface area contributed by atoms with Crippen LogP contribution >= 0.6 is 0 Å². The highest BCUT2D eigenvalue weighted by atomic mass is 32.2. The molecule has 0 bridgehead atoms. The van der Waals surface area contributed by atoms with Gasteiger partial charge in [0.05, 0.1) is 0 Å². The van der Waals surface area contributed by atoms with E-state index in [0.29, 0.717) is 0 Å². The van der Waals surface area contributed by atoms with E-state index in [1.165, 1.54) is 32.2 Å². The number of nitrogens with zero attached hydrogens (tertiary/aromatic N) is 1. The topological polar surface area (TPSA) is 32.3 Å². The first-order valence-corrected chi connectivity index (χ1v) is 8.14. The summed E-state index contributed by atoms with van der Waals surface area (Å²) in [6.45, 7) is 3.38. The van der Waals surface area contributed by atoms with Crippen molar-refractivity contribution in [3.05, 3.63) is 0 Å². The molecular formula is C12H26N2OS. The fraction of sp³-hybridized carbons (Fsp3) is 1.00. The Morgan fingerprint density at radius 2 is 2.19 bits per heavy atom. The standard InChI is InChI=1S/C12H26N2OS/c1-14-10-4-3-6-12(14)7-9-13-8-5-11-16(2)15/h12-13H,3-11H2,1-2H3. The van der Waals surface area contributed by atoms with Gasteiger partial charge in [0.25, 0.3) is 0 Å². The van der Waals surface area contributed by atoms with Gasteiger partial charge in [0.2, 0.25) is 0 Å². The summed E-state index contributed by atoms with van der Waals surface area (Å²) < 4.78 is 10.8. The highest BCUT2D eigenvalue weighted by Crippen LogP contribution is 2.16. The van der Waals surface area contributed by atoms with Gasteiger partial charge in [0, 0.05) is 28.9 Å². The fourth-order valence-corrected chi connectivity index (χ4v) is 2.85. The highest BCUT2D eigenvalue weighted by molar-refractivity contribution is 7.84. The fourth-order valence-electron chi connectivity index (χ4n) is 2.30. The summed E-state index contributed by atoms with van der Waals surface area (Å²) in [5, 5.41) is 3.45. The predicted molar refractivity (Wildman–Crippen MR) is 71.3 cm³/mol. The van der Waals surface area contributed by atoms with Crippen molar-refractivity contribution in [2.45, 2.75) is 38.1 Å². The Morgan fingerprint density at radius 1 is 1.38 bits per heavy atom. The van der Waals surface area contributed by atoms with Gasteiger partial charge in [-0.25, -0.2) is 0 Å². The van der Waals surface area contributed by atoms with E-state index in [-0.39, 0.29) is 0 Å². The second kappa shape index (κ2) is 8.20. The van der Waals surface area contributed by atoms with E-state index in [0.717, 1.165) is 31.3 Å². The van der Waals surface area contributed by atoms with Crippen molar-refractivity contribution in [1.82, 2.24) is 10.2 Å². The molecule has 4 heteroatoms. The van der Waals surface area contributed by atoms with Gasteiger partial charge < -0.3 is 10.2 Å². The summed E-state index contributed by atoms with van der Waals surface area (Å²) in [5.74, 6) is 0.830. The van der Waals surface area contributed by atoms with Gasteiger partial charge in [-0.1, -0.05) is 6.42 Å². The summed E-state index contributed by atoms with van der Waals surface area (Å²) in [6, 6.07) is 0.779. The molecule has 0 saturated carbocycles. The maximum absolute atomic E-state index is 10.8. The predicted octanol–water partition coefficient (Wildman–Crippen LogP) is 1.22. The first-order chi connectivity index (χ1) is 7.70. The van der Waals surface area contributed by atoms with Crippen LogP contribution in [-0.4, -0.2) is 53.8 Å². The zero-order valence-electron chi connectivity index (χ0n) is 10.7. The van der Waals surface area contributed by atoms with E-state index in [1.807, 2.05) is 0 Å². The number of piperidine rings is 1. The van der Waals surface area contributed by atoms with Gasteiger partial charge in [-0.3, -0.25) is 4.21 Å². The van der Waals surface area contributed by atoms with Gasteiger partial charge in [-0.2, -0.15) is 0 Å². The molecule has 1 saturated heterocycles. The molecule has 16 heavy (non-hydrogen) atoms. The van der Waals surface area contributed by atoms with E-state index in [4.69, 9.17) is 0 Å². The van der Waals surface area contributed by atoms with Crippen molar-refractivity contribution in [3.8, 4) is 0 Å². The van der Waals surface area contributed by atoms with Gasteiger partial charge >= 0.3 is 0 Å². The van der Waals surface area contributed by atoms with Gasteiger partial charge in [0.15, 0.2) is 0 Å². The summed E-state index contributed by atoms with van der Waals surface area (Å²) in [7, 11) is 1.61. The minimum absolute atomic E-state index is 0.629. The first kappa shape index (κ1) is 14.1. The van der Waals surface area contributed by atoms with E-state index < -0.39 is 10.8 Å². The van der Waals surface area contributed by atoms with Crippen LogP contribution in [0.15, 0.2) is 0 Å². The molecule has 3 nitrogen and oxygen atoms in total. The molecule has 0 aromatic carbocycles. The first-order valence-electron chi connectivity index (χ1n) is 6.41. The van der Waals surface area contributed by atoms with E-state index in [2.05, 4.69) is 17.3 Å². The second-order valence-corrected chi connectivity index (χ2v) is 6.35. The molecule has 1 N–H and O–H groups in total. The Kier molecular flexibility index (Phi) is 7.25. The number of rotatable bonds is 7. The molecule has 1 fully saturated rings. The molecule has 96 valence electrons. The SMILES string of the molecule is CN1CCCCC1CCNCCCS(C)=O. The van der Waals surface area contributed by atoms with Gasteiger partial charge in [-0.05, 0) is 52.4 Å². The van der Waals surface area contributed by atoms with Crippen LogP contribution in [0.1, 0.15) is 32.1 Å². The van der Waals surface area contributed by atoms with Crippen LogP contribution in [0, 0.1) is 0 Å². The Balaban J connectivity index is 1.95. The lowest BCUT2D eigenvalue weighted by atomic mass is 10.0. The summed E-state index contributed by atoms with van der Waals surface area (Å²) >= 11 is 0. The molecule has 2 atom stereocenters. The van der Waals surface area contributed by atoms with E-state index >= 15 is 0 Å². The maximum atomic E-state index is 10.8. The lowest BCUT2D eigenvalue weighted by molar-refractivity contribution is 0.175. The van der Waals surface area contributed by atoms with Crippen LogP contribution in [0.25, 0.3) is 0 Å².